The van der Waals surface area contributed by atoms with E-state index in [2.05, 4.69) is 10.2 Å². The number of rotatable bonds is 6. The molecule has 0 spiro atoms. The van der Waals surface area contributed by atoms with Crippen molar-refractivity contribution in [1.82, 2.24) is 20.0 Å². The lowest BCUT2D eigenvalue weighted by molar-refractivity contribution is -0.138. The molecule has 2 aliphatic rings. The van der Waals surface area contributed by atoms with Gasteiger partial charge in [-0.1, -0.05) is 25.1 Å². The minimum absolute atomic E-state index is 0.00851. The molecule has 8 nitrogen and oxygen atoms in total. The van der Waals surface area contributed by atoms with Crippen molar-refractivity contribution in [2.75, 3.05) is 26.2 Å². The van der Waals surface area contributed by atoms with Gasteiger partial charge in [-0.15, -0.1) is 10.2 Å². The summed E-state index contributed by atoms with van der Waals surface area (Å²) < 4.78 is 11.7. The summed E-state index contributed by atoms with van der Waals surface area (Å²) in [5.74, 6) is 2.10. The lowest BCUT2D eigenvalue weighted by Gasteiger charge is -2.33. The van der Waals surface area contributed by atoms with Gasteiger partial charge in [0.15, 0.2) is 6.61 Å². The van der Waals surface area contributed by atoms with Gasteiger partial charge in [-0.3, -0.25) is 9.59 Å². The van der Waals surface area contributed by atoms with Gasteiger partial charge in [0.1, 0.15) is 11.8 Å². The lowest BCUT2D eigenvalue weighted by Crippen LogP contribution is -2.41. The highest BCUT2D eigenvalue weighted by atomic mass is 16.5. The summed E-state index contributed by atoms with van der Waals surface area (Å²) in [4.78, 5) is 28.5. The molecule has 0 aliphatic carbocycles. The molecule has 31 heavy (non-hydrogen) atoms. The molecule has 2 saturated heterocycles. The van der Waals surface area contributed by atoms with Crippen molar-refractivity contribution in [3.63, 3.8) is 0 Å². The third-order valence-corrected chi connectivity index (χ3v) is 6.17. The smallest absolute Gasteiger partial charge is 0.261 e. The van der Waals surface area contributed by atoms with Crippen LogP contribution in [0.4, 0.5) is 0 Å². The van der Waals surface area contributed by atoms with Crippen LogP contribution in [0.15, 0.2) is 34.7 Å². The Kier molecular flexibility index (Phi) is 6.84. The summed E-state index contributed by atoms with van der Waals surface area (Å²) in [6.07, 6.45) is 4.97. The van der Waals surface area contributed by atoms with Crippen LogP contribution in [0.1, 0.15) is 69.2 Å². The summed E-state index contributed by atoms with van der Waals surface area (Å²) in [6, 6.07) is 9.14. The SMILES string of the molecule is CCC(=O)N1CCC(c2nnc([C@H]3CCCCN3C(=O)COc3ccccc3)o2)CC1. The number of piperidine rings is 2. The number of para-hydroxylation sites is 1. The lowest BCUT2D eigenvalue weighted by atomic mass is 9.96. The van der Waals surface area contributed by atoms with Crippen LogP contribution in [0, 0.1) is 0 Å². The first-order valence-electron chi connectivity index (χ1n) is 11.2. The predicted molar refractivity (Wildman–Crippen MR) is 113 cm³/mol. The number of aromatic nitrogens is 2. The van der Waals surface area contributed by atoms with Crippen LogP contribution in [-0.4, -0.2) is 58.1 Å². The predicted octanol–water partition coefficient (Wildman–Crippen LogP) is 3.32. The normalized spacial score (nSPS) is 20.0. The number of hydrogen-bond donors (Lipinski definition) is 0. The van der Waals surface area contributed by atoms with Crippen LogP contribution < -0.4 is 4.74 Å². The maximum atomic E-state index is 12.9. The first-order valence-corrected chi connectivity index (χ1v) is 11.2. The number of ether oxygens (including phenoxy) is 1. The van der Waals surface area contributed by atoms with E-state index in [-0.39, 0.29) is 30.4 Å². The van der Waals surface area contributed by atoms with Gasteiger partial charge in [-0.25, -0.2) is 0 Å². The fourth-order valence-electron chi connectivity index (χ4n) is 4.38. The van der Waals surface area contributed by atoms with Crippen LogP contribution in [0.2, 0.25) is 0 Å². The maximum absolute atomic E-state index is 12.9. The fourth-order valence-corrected chi connectivity index (χ4v) is 4.38. The summed E-state index contributed by atoms with van der Waals surface area (Å²) >= 11 is 0. The van der Waals surface area contributed by atoms with E-state index in [1.165, 1.54) is 0 Å². The van der Waals surface area contributed by atoms with Gasteiger partial charge >= 0.3 is 0 Å². The second kappa shape index (κ2) is 9.94. The van der Waals surface area contributed by atoms with Crippen LogP contribution in [0.25, 0.3) is 0 Å². The summed E-state index contributed by atoms with van der Waals surface area (Å²) in [5.41, 5.74) is 0. The first kappa shape index (κ1) is 21.3. The highest BCUT2D eigenvalue weighted by molar-refractivity contribution is 5.78. The van der Waals surface area contributed by atoms with Crippen LogP contribution in [0.3, 0.4) is 0 Å². The van der Waals surface area contributed by atoms with Crippen molar-refractivity contribution in [1.29, 1.82) is 0 Å². The van der Waals surface area contributed by atoms with Crippen LogP contribution in [-0.2, 0) is 9.59 Å². The van der Waals surface area contributed by atoms with Gasteiger partial charge in [-0.05, 0) is 44.2 Å². The molecule has 0 radical (unpaired) electrons. The molecule has 0 saturated carbocycles. The van der Waals surface area contributed by atoms with Gasteiger partial charge < -0.3 is 19.0 Å². The zero-order chi connectivity index (χ0) is 21.6. The average molecular weight is 427 g/mol. The molecule has 2 aromatic rings. The van der Waals surface area contributed by atoms with Gasteiger partial charge in [0.2, 0.25) is 17.7 Å². The highest BCUT2D eigenvalue weighted by Crippen LogP contribution is 2.33. The van der Waals surface area contributed by atoms with E-state index in [9.17, 15) is 9.59 Å². The van der Waals surface area contributed by atoms with E-state index < -0.39 is 0 Å². The third kappa shape index (κ3) is 5.06. The number of amides is 2. The number of hydrogen-bond acceptors (Lipinski definition) is 6. The number of likely N-dealkylation sites (tertiary alicyclic amines) is 2. The Labute approximate surface area is 182 Å². The monoisotopic (exact) mass is 426 g/mol. The molecule has 1 atom stereocenters. The number of benzene rings is 1. The Balaban J connectivity index is 1.38. The van der Waals surface area contributed by atoms with E-state index in [1.54, 1.807) is 0 Å². The molecule has 1 aromatic carbocycles. The largest absolute Gasteiger partial charge is 0.484 e. The van der Waals surface area contributed by atoms with E-state index in [0.717, 1.165) is 45.2 Å². The molecule has 2 amide bonds. The molecule has 2 aliphatic heterocycles. The van der Waals surface area contributed by atoms with E-state index in [0.29, 0.717) is 30.5 Å². The Morgan fingerprint density at radius 2 is 1.74 bits per heavy atom. The molecule has 8 heteroatoms. The van der Waals surface area contributed by atoms with Crippen LogP contribution in [0.5, 0.6) is 5.75 Å². The molecular weight excluding hydrogens is 396 g/mol. The zero-order valence-corrected chi connectivity index (χ0v) is 18.0. The Bertz CT molecular complexity index is 877. The topological polar surface area (TPSA) is 88.8 Å². The van der Waals surface area contributed by atoms with E-state index in [1.807, 2.05) is 47.1 Å². The zero-order valence-electron chi connectivity index (χ0n) is 18.0. The van der Waals surface area contributed by atoms with Crippen molar-refractivity contribution < 1.29 is 18.7 Å². The molecule has 1 aromatic heterocycles. The second-order valence-corrected chi connectivity index (χ2v) is 8.19. The van der Waals surface area contributed by atoms with Gasteiger partial charge in [0.05, 0.1) is 0 Å². The summed E-state index contributed by atoms with van der Waals surface area (Å²) in [6.45, 7) is 3.99. The molecular formula is C23H30N4O4. The minimum atomic E-state index is -0.205. The Morgan fingerprint density at radius 3 is 2.48 bits per heavy atom. The van der Waals surface area contributed by atoms with E-state index in [4.69, 9.17) is 9.15 Å². The first-order chi connectivity index (χ1) is 15.2. The van der Waals surface area contributed by atoms with Gasteiger partial charge in [-0.2, -0.15) is 0 Å². The molecule has 0 bridgehead atoms. The summed E-state index contributed by atoms with van der Waals surface area (Å²) in [5, 5.41) is 8.61. The van der Waals surface area contributed by atoms with Crippen molar-refractivity contribution in [3.8, 4) is 5.75 Å². The quantitative estimate of drug-likeness (QED) is 0.704. The third-order valence-electron chi connectivity index (χ3n) is 6.17. The molecule has 3 heterocycles. The number of carbonyl (C=O) groups excluding carboxylic acids is 2. The maximum Gasteiger partial charge on any atom is 0.261 e. The molecule has 0 unspecified atom stereocenters. The standard InChI is InChI=1S/C23H30N4O4/c1-2-20(28)26-14-11-17(12-15-26)22-24-25-23(31-22)19-10-6-7-13-27(19)21(29)16-30-18-8-4-3-5-9-18/h3-5,8-9,17,19H,2,6-7,10-16H2,1H3/t19-/m1/s1. The molecule has 2 fully saturated rings. The summed E-state index contributed by atoms with van der Waals surface area (Å²) in [7, 11) is 0. The minimum Gasteiger partial charge on any atom is -0.484 e. The van der Waals surface area contributed by atoms with Crippen molar-refractivity contribution in [2.45, 2.75) is 57.4 Å². The average Bonchev–Trinajstić information content (AvgIpc) is 3.33. The Hall–Kier alpha value is -2.90. The number of nitrogens with zero attached hydrogens (tertiary/aromatic N) is 4. The fraction of sp³-hybridized carbons (Fsp3) is 0.565. The van der Waals surface area contributed by atoms with Crippen LogP contribution >= 0.6 is 0 Å². The highest BCUT2D eigenvalue weighted by Gasteiger charge is 2.34. The molecule has 0 N–H and O–H groups in total. The molecule has 4 rings (SSSR count). The second-order valence-electron chi connectivity index (χ2n) is 8.19. The van der Waals surface area contributed by atoms with Crippen molar-refractivity contribution in [3.05, 3.63) is 42.1 Å². The van der Waals surface area contributed by atoms with Crippen molar-refractivity contribution in [2.24, 2.45) is 0 Å². The molecule has 166 valence electrons. The van der Waals surface area contributed by atoms with E-state index >= 15 is 0 Å². The number of carbonyl (C=O) groups is 2. The van der Waals surface area contributed by atoms with Gasteiger partial charge in [0.25, 0.3) is 5.91 Å². The van der Waals surface area contributed by atoms with Crippen molar-refractivity contribution >= 4 is 11.8 Å². The Morgan fingerprint density at radius 1 is 1.00 bits per heavy atom. The van der Waals surface area contributed by atoms with Gasteiger partial charge in [0, 0.05) is 32.0 Å².